The molecule has 0 aliphatic heterocycles. The van der Waals surface area contributed by atoms with Gasteiger partial charge in [0.25, 0.3) is 0 Å². The molecule has 0 saturated carbocycles. The van der Waals surface area contributed by atoms with Crippen LogP contribution in [0.25, 0.3) is 10.9 Å². The molecule has 3 aromatic rings. The van der Waals surface area contributed by atoms with Crippen LogP contribution in [0.5, 0.6) is 0 Å². The molecule has 20 heavy (non-hydrogen) atoms. The average Bonchev–Trinajstić information content (AvgIpc) is 2.48. The minimum Gasteiger partial charge on any atom is -0.309 e. The fraction of sp³-hybridized carbons (Fsp3) is 0.125. The van der Waals surface area contributed by atoms with E-state index in [1.807, 2.05) is 37.4 Å². The van der Waals surface area contributed by atoms with E-state index in [9.17, 15) is 4.39 Å². The highest BCUT2D eigenvalue weighted by atomic mass is 19.1. The second-order valence-electron chi connectivity index (χ2n) is 4.58. The van der Waals surface area contributed by atoms with Gasteiger partial charge in [-0.1, -0.05) is 24.3 Å². The van der Waals surface area contributed by atoms with Gasteiger partial charge >= 0.3 is 0 Å². The van der Waals surface area contributed by atoms with Crippen molar-refractivity contribution in [2.75, 3.05) is 7.05 Å². The Labute approximate surface area is 116 Å². The molecule has 0 spiro atoms. The van der Waals surface area contributed by atoms with Crippen molar-refractivity contribution < 1.29 is 4.39 Å². The smallest absolute Gasteiger partial charge is 0.141 e. The lowest BCUT2D eigenvalue weighted by molar-refractivity contribution is 0.609. The summed E-state index contributed by atoms with van der Waals surface area (Å²) in [5.74, 6) is -0.337. The molecule has 3 nitrogen and oxygen atoms in total. The molecule has 3 rings (SSSR count). The van der Waals surface area contributed by atoms with Gasteiger partial charge in [-0.2, -0.15) is 0 Å². The number of nitrogens with zero attached hydrogens (tertiary/aromatic N) is 2. The summed E-state index contributed by atoms with van der Waals surface area (Å²) in [7, 11) is 1.84. The predicted octanol–water partition coefficient (Wildman–Crippen LogP) is 3.08. The van der Waals surface area contributed by atoms with Crippen molar-refractivity contribution in [1.29, 1.82) is 0 Å². The largest absolute Gasteiger partial charge is 0.309 e. The Morgan fingerprint density at radius 1 is 1.15 bits per heavy atom. The number of aromatic nitrogens is 2. The van der Waals surface area contributed by atoms with Crippen LogP contribution in [-0.2, 0) is 0 Å². The molecule has 4 heteroatoms. The summed E-state index contributed by atoms with van der Waals surface area (Å²) in [4.78, 5) is 8.37. The van der Waals surface area contributed by atoms with Gasteiger partial charge in [-0.05, 0) is 30.3 Å². The first kappa shape index (κ1) is 12.7. The van der Waals surface area contributed by atoms with E-state index < -0.39 is 0 Å². The number of fused-ring (bicyclic) bond motifs is 1. The predicted molar refractivity (Wildman–Crippen MR) is 76.8 cm³/mol. The third-order valence-electron chi connectivity index (χ3n) is 3.32. The van der Waals surface area contributed by atoms with Crippen LogP contribution in [0.4, 0.5) is 4.39 Å². The minimum absolute atomic E-state index is 0.142. The number of benzene rings is 1. The maximum Gasteiger partial charge on any atom is 0.141 e. The number of halogens is 1. The third-order valence-corrected chi connectivity index (χ3v) is 3.32. The first-order valence-electron chi connectivity index (χ1n) is 6.41. The van der Waals surface area contributed by atoms with Gasteiger partial charge in [0.05, 0.1) is 17.8 Å². The Morgan fingerprint density at radius 2 is 2.00 bits per heavy atom. The third kappa shape index (κ3) is 2.26. The summed E-state index contributed by atoms with van der Waals surface area (Å²) in [5, 5.41) is 4.27. The molecule has 2 heterocycles. The Hall–Kier alpha value is -2.33. The summed E-state index contributed by atoms with van der Waals surface area (Å²) in [5.41, 5.74) is 2.71. The molecule has 0 amide bonds. The van der Waals surface area contributed by atoms with Crippen molar-refractivity contribution in [2.45, 2.75) is 6.04 Å². The normalized spacial score (nSPS) is 12.5. The molecule has 100 valence electrons. The van der Waals surface area contributed by atoms with Crippen molar-refractivity contribution in [2.24, 2.45) is 0 Å². The molecule has 1 aromatic carbocycles. The monoisotopic (exact) mass is 267 g/mol. The van der Waals surface area contributed by atoms with Crippen molar-refractivity contribution >= 4 is 10.9 Å². The Morgan fingerprint density at radius 3 is 2.80 bits per heavy atom. The zero-order valence-electron chi connectivity index (χ0n) is 11.0. The summed E-state index contributed by atoms with van der Waals surface area (Å²) in [6, 6.07) is 11.3. The lowest BCUT2D eigenvalue weighted by Gasteiger charge is -2.18. The molecule has 0 fully saturated rings. The van der Waals surface area contributed by atoms with E-state index in [1.165, 1.54) is 12.3 Å². The molecule has 1 atom stereocenters. The van der Waals surface area contributed by atoms with Crippen LogP contribution in [0.2, 0.25) is 0 Å². The summed E-state index contributed by atoms with van der Waals surface area (Å²) in [6.45, 7) is 0. The molecule has 0 bridgehead atoms. The van der Waals surface area contributed by atoms with E-state index in [1.54, 1.807) is 12.4 Å². The zero-order valence-corrected chi connectivity index (χ0v) is 11.0. The van der Waals surface area contributed by atoms with Crippen LogP contribution in [0.1, 0.15) is 17.2 Å². The number of hydrogen-bond donors (Lipinski definition) is 1. The highest BCUT2D eigenvalue weighted by molar-refractivity contribution is 5.82. The molecule has 1 unspecified atom stereocenters. The maximum atomic E-state index is 13.4. The van der Waals surface area contributed by atoms with E-state index in [0.717, 1.165) is 22.0 Å². The number of para-hydroxylation sites is 1. The Balaban J connectivity index is 2.17. The van der Waals surface area contributed by atoms with Crippen molar-refractivity contribution in [3.8, 4) is 0 Å². The fourth-order valence-corrected chi connectivity index (χ4v) is 2.45. The summed E-state index contributed by atoms with van der Waals surface area (Å²) in [6.07, 6.45) is 4.64. The topological polar surface area (TPSA) is 37.8 Å². The number of nitrogens with one attached hydrogen (secondary N) is 1. The average molecular weight is 267 g/mol. The van der Waals surface area contributed by atoms with Crippen molar-refractivity contribution in [3.63, 3.8) is 0 Å². The fourth-order valence-electron chi connectivity index (χ4n) is 2.45. The Kier molecular flexibility index (Phi) is 3.39. The quantitative estimate of drug-likeness (QED) is 0.792. The maximum absolute atomic E-state index is 13.4. The van der Waals surface area contributed by atoms with Crippen LogP contribution >= 0.6 is 0 Å². The van der Waals surface area contributed by atoms with Gasteiger partial charge in [-0.3, -0.25) is 9.97 Å². The lowest BCUT2D eigenvalue weighted by atomic mass is 9.97. The lowest BCUT2D eigenvalue weighted by Crippen LogP contribution is -2.18. The van der Waals surface area contributed by atoms with Gasteiger partial charge in [0.2, 0.25) is 0 Å². The van der Waals surface area contributed by atoms with Crippen molar-refractivity contribution in [3.05, 3.63) is 71.9 Å². The number of rotatable bonds is 3. The van der Waals surface area contributed by atoms with E-state index in [4.69, 9.17) is 0 Å². The van der Waals surface area contributed by atoms with Gasteiger partial charge in [-0.25, -0.2) is 4.39 Å². The Bertz CT molecular complexity index is 737. The zero-order chi connectivity index (χ0) is 13.9. The molecule has 0 radical (unpaired) electrons. The summed E-state index contributed by atoms with van der Waals surface area (Å²) < 4.78 is 13.4. The van der Waals surface area contributed by atoms with Gasteiger partial charge in [0, 0.05) is 17.8 Å². The highest BCUT2D eigenvalue weighted by Gasteiger charge is 2.16. The van der Waals surface area contributed by atoms with Gasteiger partial charge < -0.3 is 5.32 Å². The molecular formula is C16H14FN3. The molecule has 2 aromatic heterocycles. The number of pyridine rings is 2. The van der Waals surface area contributed by atoms with Crippen LogP contribution < -0.4 is 5.32 Å². The number of hydrogen-bond acceptors (Lipinski definition) is 3. The second kappa shape index (κ2) is 5.35. The van der Waals surface area contributed by atoms with Crippen LogP contribution in [0.15, 0.2) is 55.0 Å². The van der Waals surface area contributed by atoms with Crippen LogP contribution in [0.3, 0.4) is 0 Å². The highest BCUT2D eigenvalue weighted by Crippen LogP contribution is 2.27. The minimum atomic E-state index is -0.337. The van der Waals surface area contributed by atoms with E-state index >= 15 is 0 Å². The van der Waals surface area contributed by atoms with Gasteiger partial charge in [-0.15, -0.1) is 0 Å². The van der Waals surface area contributed by atoms with Crippen LogP contribution in [-0.4, -0.2) is 17.0 Å². The first-order chi connectivity index (χ1) is 9.79. The first-order valence-corrected chi connectivity index (χ1v) is 6.41. The SMILES string of the molecule is CNC(c1cncc(F)c1)c1cccc2cccnc12. The van der Waals surface area contributed by atoms with E-state index in [2.05, 4.69) is 15.3 Å². The van der Waals surface area contributed by atoms with Crippen LogP contribution in [0, 0.1) is 5.82 Å². The molecule has 0 aliphatic carbocycles. The second-order valence-corrected chi connectivity index (χ2v) is 4.58. The van der Waals surface area contributed by atoms with E-state index in [0.29, 0.717) is 0 Å². The van der Waals surface area contributed by atoms with Gasteiger partial charge in [0.1, 0.15) is 5.82 Å². The molecular weight excluding hydrogens is 253 g/mol. The molecule has 0 aliphatic rings. The van der Waals surface area contributed by atoms with E-state index in [-0.39, 0.29) is 11.9 Å². The summed E-state index contributed by atoms with van der Waals surface area (Å²) >= 11 is 0. The van der Waals surface area contributed by atoms with Gasteiger partial charge in [0.15, 0.2) is 0 Å². The molecule has 1 N–H and O–H groups in total. The van der Waals surface area contributed by atoms with Crippen molar-refractivity contribution in [1.82, 2.24) is 15.3 Å². The molecule has 0 saturated heterocycles. The standard InChI is InChI=1S/C16H14FN3/c1-18-15(12-8-13(17)10-19-9-12)14-6-2-4-11-5-3-7-20-16(11)14/h2-10,15,18H,1H3.